The van der Waals surface area contributed by atoms with E-state index in [1.165, 1.54) is 42.1 Å². The number of ether oxygens (including phenoxy) is 1. The molecule has 0 heterocycles. The highest BCUT2D eigenvalue weighted by molar-refractivity contribution is 8.00. The Morgan fingerprint density at radius 1 is 0.638 bits per heavy atom. The number of ketones is 2. The monoisotopic (exact) mass is 789 g/mol. The SMILES string of the molecule is CC(C)(C)OC(=O)N(C(=O)C(=O)c1ccccc1)c1ccc(N[C@@H](CSC(c2ccccc2)(c2ccccc2)c2ccccc2)C(N)=O)cc1C(=O)c1ccccc1. The molecule has 0 bridgehead atoms. The van der Waals surface area contributed by atoms with Crippen LogP contribution in [0.25, 0.3) is 0 Å². The highest BCUT2D eigenvalue weighted by Gasteiger charge is 2.39. The van der Waals surface area contributed by atoms with Gasteiger partial charge in [-0.25, -0.2) is 9.69 Å². The zero-order valence-corrected chi connectivity index (χ0v) is 33.1. The van der Waals surface area contributed by atoms with Crippen LogP contribution in [0.2, 0.25) is 0 Å². The fraction of sp³-hybridized carbons (Fsp3) is 0.146. The lowest BCUT2D eigenvalue weighted by Crippen LogP contribution is -2.45. The Hall–Kier alpha value is -6.78. The molecule has 9 nitrogen and oxygen atoms in total. The molecule has 6 aromatic rings. The maximum absolute atomic E-state index is 14.3. The molecule has 0 aromatic heterocycles. The van der Waals surface area contributed by atoms with Crippen LogP contribution in [-0.2, 0) is 19.1 Å². The number of Topliss-reactive ketones (excluding diaryl/α,β-unsaturated/α-hetero) is 1. The van der Waals surface area contributed by atoms with E-state index in [0.29, 0.717) is 10.6 Å². The summed E-state index contributed by atoms with van der Waals surface area (Å²) in [5, 5.41) is 3.23. The number of hydrogen-bond donors (Lipinski definition) is 2. The molecule has 0 spiro atoms. The van der Waals surface area contributed by atoms with Gasteiger partial charge in [-0.05, 0) is 55.7 Å². The van der Waals surface area contributed by atoms with E-state index in [4.69, 9.17) is 10.5 Å². The van der Waals surface area contributed by atoms with E-state index >= 15 is 0 Å². The average Bonchev–Trinajstić information content (AvgIpc) is 3.24. The zero-order chi connectivity index (χ0) is 41.3. The first-order chi connectivity index (χ1) is 27.9. The van der Waals surface area contributed by atoms with Gasteiger partial charge in [-0.1, -0.05) is 152 Å². The van der Waals surface area contributed by atoms with Crippen LogP contribution in [0, 0.1) is 0 Å². The van der Waals surface area contributed by atoms with Gasteiger partial charge in [-0.15, -0.1) is 11.8 Å². The number of nitrogens with one attached hydrogen (secondary N) is 1. The second kappa shape index (κ2) is 18.0. The number of nitrogens with zero attached hydrogens (tertiary/aromatic N) is 1. The van der Waals surface area contributed by atoms with Crippen LogP contribution in [0.15, 0.2) is 170 Å². The Morgan fingerprint density at radius 2 is 1.09 bits per heavy atom. The summed E-state index contributed by atoms with van der Waals surface area (Å²) < 4.78 is 4.87. The van der Waals surface area contributed by atoms with Crippen LogP contribution in [0.3, 0.4) is 0 Å². The normalized spacial score (nSPS) is 11.8. The number of imide groups is 1. The van der Waals surface area contributed by atoms with E-state index in [2.05, 4.69) is 41.7 Å². The molecule has 0 unspecified atom stereocenters. The Labute approximate surface area is 342 Å². The summed E-state index contributed by atoms with van der Waals surface area (Å²) in [4.78, 5) is 69.7. The third-order valence-electron chi connectivity index (χ3n) is 9.22. The number of amides is 3. The molecule has 0 radical (unpaired) electrons. The van der Waals surface area contributed by atoms with E-state index in [-0.39, 0.29) is 28.1 Å². The lowest BCUT2D eigenvalue weighted by molar-refractivity contribution is -0.118. The van der Waals surface area contributed by atoms with Crippen LogP contribution in [0.5, 0.6) is 0 Å². The summed E-state index contributed by atoms with van der Waals surface area (Å²) in [6.45, 7) is 4.87. The van der Waals surface area contributed by atoms with Crippen molar-refractivity contribution >= 4 is 52.6 Å². The van der Waals surface area contributed by atoms with Crippen molar-refractivity contribution in [2.24, 2.45) is 5.73 Å². The fourth-order valence-corrected chi connectivity index (χ4v) is 8.11. The molecule has 1 atom stereocenters. The van der Waals surface area contributed by atoms with Gasteiger partial charge in [0.15, 0.2) is 5.78 Å². The van der Waals surface area contributed by atoms with E-state index < -0.39 is 45.9 Å². The molecule has 0 aliphatic carbocycles. The van der Waals surface area contributed by atoms with Crippen molar-refractivity contribution in [3.63, 3.8) is 0 Å². The number of rotatable bonds is 14. The molecule has 58 heavy (non-hydrogen) atoms. The number of benzene rings is 6. The Balaban J connectivity index is 1.43. The second-order valence-corrected chi connectivity index (χ2v) is 15.7. The van der Waals surface area contributed by atoms with Crippen molar-refractivity contribution in [2.45, 2.75) is 37.2 Å². The van der Waals surface area contributed by atoms with Crippen molar-refractivity contribution in [3.8, 4) is 0 Å². The maximum Gasteiger partial charge on any atom is 0.422 e. The molecule has 3 amide bonds. The van der Waals surface area contributed by atoms with Crippen molar-refractivity contribution in [2.75, 3.05) is 16.0 Å². The molecule has 10 heteroatoms. The van der Waals surface area contributed by atoms with Gasteiger partial charge in [0.25, 0.3) is 5.78 Å². The van der Waals surface area contributed by atoms with E-state index in [1.54, 1.807) is 69.3 Å². The third-order valence-corrected chi connectivity index (χ3v) is 10.9. The van der Waals surface area contributed by atoms with Gasteiger partial charge in [0.1, 0.15) is 11.6 Å². The minimum atomic E-state index is -1.21. The number of thioether (sulfide) groups is 1. The predicted octanol–water partition coefficient (Wildman–Crippen LogP) is 9.06. The predicted molar refractivity (Wildman–Crippen MR) is 229 cm³/mol. The zero-order valence-electron chi connectivity index (χ0n) is 32.3. The van der Waals surface area contributed by atoms with Gasteiger partial charge >= 0.3 is 12.0 Å². The van der Waals surface area contributed by atoms with Crippen LogP contribution in [0.4, 0.5) is 16.2 Å². The molecule has 0 saturated heterocycles. The summed E-state index contributed by atoms with van der Waals surface area (Å²) in [7, 11) is 0. The van der Waals surface area contributed by atoms with Crippen LogP contribution < -0.4 is 16.0 Å². The first-order valence-corrected chi connectivity index (χ1v) is 19.6. The Bertz CT molecular complexity index is 2290. The second-order valence-electron chi connectivity index (χ2n) is 14.4. The number of nitrogens with two attached hydrogens (primary N) is 1. The van der Waals surface area contributed by atoms with Crippen LogP contribution in [-0.4, -0.2) is 46.9 Å². The van der Waals surface area contributed by atoms with Gasteiger partial charge in [-0.2, -0.15) is 0 Å². The molecule has 0 fully saturated rings. The van der Waals surface area contributed by atoms with E-state index in [1.807, 2.05) is 54.6 Å². The van der Waals surface area contributed by atoms with Gasteiger partial charge in [0, 0.05) is 28.1 Å². The molecular formula is C48H43N3O6S. The molecule has 6 rings (SSSR count). The minimum Gasteiger partial charge on any atom is -0.443 e. The van der Waals surface area contributed by atoms with E-state index in [9.17, 15) is 24.0 Å². The van der Waals surface area contributed by atoms with Gasteiger partial charge < -0.3 is 15.8 Å². The third kappa shape index (κ3) is 9.25. The smallest absolute Gasteiger partial charge is 0.422 e. The first kappa shape index (κ1) is 40.9. The van der Waals surface area contributed by atoms with E-state index in [0.717, 1.165) is 16.7 Å². The number of primary amides is 1. The van der Waals surface area contributed by atoms with Crippen molar-refractivity contribution in [1.82, 2.24) is 0 Å². The molecule has 3 N–H and O–H groups in total. The lowest BCUT2D eigenvalue weighted by atomic mass is 9.84. The first-order valence-electron chi connectivity index (χ1n) is 18.7. The fourth-order valence-electron chi connectivity index (χ4n) is 6.53. The highest BCUT2D eigenvalue weighted by Crippen LogP contribution is 2.48. The standard InChI is InChI=1S/C48H43N3O6S/c1-47(2,3)57-46(56)51(45(55)43(53)34-21-11-5-12-22-34)41-30-29-38(31-39(41)42(52)33-19-9-4-10-20-33)50-40(44(49)54)32-58-48(35-23-13-6-14-24-35,36-25-15-7-16-26-36)37-27-17-8-18-28-37/h4-31,40,50H,32H2,1-3H3,(H2,49,54)/t40-/m0/s1. The van der Waals surface area contributed by atoms with Crippen molar-refractivity contribution < 1.29 is 28.7 Å². The van der Waals surface area contributed by atoms with Crippen molar-refractivity contribution in [1.29, 1.82) is 0 Å². The summed E-state index contributed by atoms with van der Waals surface area (Å²) in [5.41, 5.74) is 8.37. The summed E-state index contributed by atoms with van der Waals surface area (Å²) in [5.74, 6) is -3.19. The molecule has 292 valence electrons. The molecular weight excluding hydrogens is 747 g/mol. The number of carbonyl (C=O) groups excluding carboxylic acids is 5. The average molecular weight is 790 g/mol. The van der Waals surface area contributed by atoms with Gasteiger partial charge in [0.05, 0.1) is 10.4 Å². The molecule has 0 aliphatic rings. The number of anilines is 2. The van der Waals surface area contributed by atoms with Gasteiger partial charge in [-0.3, -0.25) is 19.2 Å². The maximum atomic E-state index is 14.3. The molecule has 0 aliphatic heterocycles. The number of carbonyl (C=O) groups is 5. The largest absolute Gasteiger partial charge is 0.443 e. The minimum absolute atomic E-state index is 0.0506. The van der Waals surface area contributed by atoms with Gasteiger partial charge in [0.2, 0.25) is 5.91 Å². The summed E-state index contributed by atoms with van der Waals surface area (Å²) >= 11 is 1.53. The quantitative estimate of drug-likeness (QED) is 0.0634. The van der Waals surface area contributed by atoms with Crippen LogP contribution >= 0.6 is 11.8 Å². The lowest BCUT2D eigenvalue weighted by Gasteiger charge is -2.36. The topological polar surface area (TPSA) is 136 Å². The summed E-state index contributed by atoms with van der Waals surface area (Å²) in [6, 6.07) is 49.6. The molecule has 6 aromatic carbocycles. The van der Waals surface area contributed by atoms with Crippen LogP contribution in [0.1, 0.15) is 63.7 Å². The Kier molecular flexibility index (Phi) is 12.7. The Morgan fingerprint density at radius 3 is 1.53 bits per heavy atom. The summed E-state index contributed by atoms with van der Waals surface area (Å²) in [6.07, 6.45) is -1.14. The highest BCUT2D eigenvalue weighted by atomic mass is 32.2. The molecule has 0 saturated carbocycles. The number of hydrogen-bond acceptors (Lipinski definition) is 8. The van der Waals surface area contributed by atoms with Crippen molar-refractivity contribution in [3.05, 3.63) is 203 Å².